The van der Waals surface area contributed by atoms with Gasteiger partial charge in [-0.3, -0.25) is 19.4 Å². The largest absolute Gasteiger partial charge is 0.489 e. The molecule has 1 fully saturated rings. The lowest BCUT2D eigenvalue weighted by Gasteiger charge is -2.31. The smallest absolute Gasteiger partial charge is 0.424 e. The first-order valence-corrected chi connectivity index (χ1v) is 14.8. The Morgan fingerprint density at radius 2 is 1.83 bits per heavy atom. The zero-order valence-corrected chi connectivity index (χ0v) is 25.4. The summed E-state index contributed by atoms with van der Waals surface area (Å²) in [5.41, 5.74) is -0.999. The number of primary amides is 1. The maximum atomic E-state index is 14.9. The number of ether oxygens (including phenoxy) is 2. The molecule has 0 saturated heterocycles. The van der Waals surface area contributed by atoms with E-state index in [0.717, 1.165) is 31.0 Å². The minimum absolute atomic E-state index is 0.0308. The van der Waals surface area contributed by atoms with Crippen molar-refractivity contribution in [2.45, 2.75) is 43.1 Å². The number of amides is 3. The lowest BCUT2D eigenvalue weighted by molar-refractivity contribution is -0.265. The molecule has 0 radical (unpaired) electrons. The van der Waals surface area contributed by atoms with Crippen LogP contribution in [0.2, 0.25) is 0 Å². The molecule has 6 rings (SSSR count). The number of hydrogen-bond donors (Lipinski definition) is 4. The first-order chi connectivity index (χ1) is 22.7. The molecule has 1 saturated carbocycles. The summed E-state index contributed by atoms with van der Waals surface area (Å²) in [6.45, 7) is -0.921. The van der Waals surface area contributed by atoms with Crippen LogP contribution in [0, 0.1) is 5.82 Å². The SMILES string of the molecule is C[C@]1(C(=O)NCC(N)=O)COc2c1cc(C(O)(CNC(=O)c1cc(OC3CC3)c3ncccc3c1)C(F)(F)F)nc2-c1ccc(F)cc1. The van der Waals surface area contributed by atoms with Crippen LogP contribution in [-0.4, -0.2) is 64.8 Å². The quantitative estimate of drug-likeness (QED) is 0.187. The molecule has 1 aliphatic carbocycles. The molecule has 48 heavy (non-hydrogen) atoms. The Hall–Kier alpha value is -5.31. The predicted molar refractivity (Wildman–Crippen MR) is 162 cm³/mol. The van der Waals surface area contributed by atoms with Crippen molar-refractivity contribution in [2.75, 3.05) is 19.7 Å². The standard InChI is InChI=1S/C33H29F4N5O6/c1-31(30(45)40-14-25(38)43)16-47-28-22(31)13-24(42-27(28)17-4-6-20(34)7-5-17)32(46,33(35,36)37)15-41-29(44)19-11-18-3-2-10-39-26(18)23(12-19)48-21-8-9-21/h2-7,10-13,21,46H,8-9,14-16H2,1H3,(H2,38,43)(H,40,45)(H,41,44)/t31-,32?/m0/s1. The van der Waals surface area contributed by atoms with E-state index < -0.39 is 59.5 Å². The van der Waals surface area contributed by atoms with E-state index in [1.54, 1.807) is 18.3 Å². The molecule has 4 aromatic rings. The van der Waals surface area contributed by atoms with Crippen molar-refractivity contribution < 1.29 is 46.5 Å². The number of aliphatic hydroxyl groups is 1. The van der Waals surface area contributed by atoms with E-state index >= 15 is 0 Å². The minimum Gasteiger partial charge on any atom is -0.489 e. The molecule has 250 valence electrons. The molecule has 11 nitrogen and oxygen atoms in total. The van der Waals surface area contributed by atoms with Gasteiger partial charge in [-0.25, -0.2) is 9.37 Å². The summed E-state index contributed by atoms with van der Waals surface area (Å²) in [5.74, 6) is -3.00. The first kappa shape index (κ1) is 32.6. The number of fused-ring (bicyclic) bond motifs is 2. The number of aromatic nitrogens is 2. The number of nitrogens with two attached hydrogens (primary N) is 1. The van der Waals surface area contributed by atoms with E-state index in [0.29, 0.717) is 16.7 Å². The Labute approximate surface area is 270 Å². The van der Waals surface area contributed by atoms with Gasteiger partial charge < -0.3 is 30.9 Å². The third kappa shape index (κ3) is 6.08. The van der Waals surface area contributed by atoms with Crippen LogP contribution < -0.4 is 25.8 Å². The molecule has 2 atom stereocenters. The number of hydrogen-bond acceptors (Lipinski definition) is 8. The van der Waals surface area contributed by atoms with Crippen LogP contribution in [-0.2, 0) is 20.6 Å². The van der Waals surface area contributed by atoms with Gasteiger partial charge in [0.15, 0.2) is 0 Å². The van der Waals surface area contributed by atoms with Crippen LogP contribution in [0.3, 0.4) is 0 Å². The van der Waals surface area contributed by atoms with E-state index in [4.69, 9.17) is 15.2 Å². The Kier molecular flexibility index (Phi) is 8.19. The van der Waals surface area contributed by atoms with Crippen molar-refractivity contribution in [3.8, 4) is 22.8 Å². The molecule has 0 bridgehead atoms. The number of alkyl halides is 3. The van der Waals surface area contributed by atoms with Gasteiger partial charge in [-0.1, -0.05) is 6.07 Å². The van der Waals surface area contributed by atoms with E-state index in [1.165, 1.54) is 31.2 Å². The van der Waals surface area contributed by atoms with Gasteiger partial charge >= 0.3 is 6.18 Å². The van der Waals surface area contributed by atoms with Crippen LogP contribution in [0.25, 0.3) is 22.2 Å². The minimum atomic E-state index is -5.40. The lowest BCUT2D eigenvalue weighted by atomic mass is 9.81. The van der Waals surface area contributed by atoms with Gasteiger partial charge in [0, 0.05) is 28.3 Å². The summed E-state index contributed by atoms with van der Waals surface area (Å²) in [6, 6.07) is 11.6. The number of halogens is 4. The van der Waals surface area contributed by atoms with Gasteiger partial charge in [0.25, 0.3) is 5.91 Å². The van der Waals surface area contributed by atoms with Gasteiger partial charge in [0.05, 0.1) is 24.9 Å². The van der Waals surface area contributed by atoms with Gasteiger partial charge in [0.2, 0.25) is 17.4 Å². The first-order valence-electron chi connectivity index (χ1n) is 14.8. The molecule has 2 aromatic heterocycles. The fourth-order valence-corrected chi connectivity index (χ4v) is 5.34. The van der Waals surface area contributed by atoms with Crippen LogP contribution in [0.5, 0.6) is 11.5 Å². The highest BCUT2D eigenvalue weighted by atomic mass is 19.4. The summed E-state index contributed by atoms with van der Waals surface area (Å²) in [6.07, 6.45) is -2.29. The van der Waals surface area contributed by atoms with E-state index in [9.17, 15) is 37.1 Å². The van der Waals surface area contributed by atoms with Crippen LogP contribution in [0.4, 0.5) is 17.6 Å². The van der Waals surface area contributed by atoms with Gasteiger partial charge in [-0.15, -0.1) is 0 Å². The monoisotopic (exact) mass is 667 g/mol. The number of benzene rings is 2. The lowest BCUT2D eigenvalue weighted by Crippen LogP contribution is -2.52. The molecular weight excluding hydrogens is 638 g/mol. The van der Waals surface area contributed by atoms with Crippen LogP contribution >= 0.6 is 0 Å². The van der Waals surface area contributed by atoms with E-state index in [-0.39, 0.29) is 40.8 Å². The van der Waals surface area contributed by atoms with E-state index in [1.807, 2.05) is 0 Å². The highest BCUT2D eigenvalue weighted by molar-refractivity contribution is 6.00. The molecule has 3 heterocycles. The summed E-state index contributed by atoms with van der Waals surface area (Å²) in [7, 11) is 0. The van der Waals surface area contributed by atoms with Crippen LogP contribution in [0.15, 0.2) is 60.8 Å². The molecule has 1 unspecified atom stereocenters. The van der Waals surface area contributed by atoms with Gasteiger partial charge in [-0.2, -0.15) is 13.2 Å². The average Bonchev–Trinajstić information content (AvgIpc) is 3.81. The maximum absolute atomic E-state index is 14.9. The number of carbonyl (C=O) groups excluding carboxylic acids is 3. The number of nitrogens with zero attached hydrogens (tertiary/aromatic N) is 2. The molecule has 2 aromatic carbocycles. The normalized spacial score (nSPS) is 18.4. The van der Waals surface area contributed by atoms with E-state index in [2.05, 4.69) is 20.6 Å². The zero-order chi connectivity index (χ0) is 34.4. The summed E-state index contributed by atoms with van der Waals surface area (Å²) in [5, 5.41) is 16.4. The number of rotatable bonds is 10. The van der Waals surface area contributed by atoms with Crippen LogP contribution in [0.1, 0.15) is 41.4 Å². The summed E-state index contributed by atoms with van der Waals surface area (Å²) >= 11 is 0. The second kappa shape index (κ2) is 12.0. The van der Waals surface area contributed by atoms with Gasteiger partial charge in [0.1, 0.15) is 40.5 Å². The zero-order valence-electron chi connectivity index (χ0n) is 25.4. The van der Waals surface area contributed by atoms with Gasteiger partial charge in [-0.05, 0) is 68.3 Å². The fourth-order valence-electron chi connectivity index (χ4n) is 5.34. The Morgan fingerprint density at radius 3 is 2.50 bits per heavy atom. The Bertz CT molecular complexity index is 1930. The highest BCUT2D eigenvalue weighted by Crippen LogP contribution is 2.48. The molecule has 1 aliphatic heterocycles. The fraction of sp³-hybridized carbons (Fsp3) is 0.303. The Balaban J connectivity index is 1.40. The topological polar surface area (TPSA) is 166 Å². The maximum Gasteiger partial charge on any atom is 0.424 e. The number of carbonyl (C=O) groups is 3. The summed E-state index contributed by atoms with van der Waals surface area (Å²) in [4.78, 5) is 46.3. The molecule has 0 spiro atoms. The molecule has 2 aliphatic rings. The van der Waals surface area contributed by atoms with Crippen molar-refractivity contribution >= 4 is 28.6 Å². The Morgan fingerprint density at radius 1 is 1.10 bits per heavy atom. The van der Waals surface area contributed by atoms with Crippen molar-refractivity contribution in [1.29, 1.82) is 0 Å². The average molecular weight is 668 g/mol. The second-order valence-electron chi connectivity index (χ2n) is 11.9. The number of nitrogens with one attached hydrogen (secondary N) is 2. The molecule has 3 amide bonds. The molecule has 15 heteroatoms. The predicted octanol–water partition coefficient (Wildman–Crippen LogP) is 3.41. The third-order valence-electron chi connectivity index (χ3n) is 8.26. The second-order valence-corrected chi connectivity index (χ2v) is 11.9. The van der Waals surface area contributed by atoms with Crippen molar-refractivity contribution in [1.82, 2.24) is 20.6 Å². The van der Waals surface area contributed by atoms with Crippen molar-refractivity contribution in [3.05, 3.63) is 83.4 Å². The van der Waals surface area contributed by atoms with Crippen molar-refractivity contribution in [2.24, 2.45) is 5.73 Å². The molecule has 5 N–H and O–H groups in total. The van der Waals surface area contributed by atoms with Crippen molar-refractivity contribution in [3.63, 3.8) is 0 Å². The third-order valence-corrected chi connectivity index (χ3v) is 8.26. The summed E-state index contributed by atoms with van der Waals surface area (Å²) < 4.78 is 70.1. The molecular formula is C33H29F4N5O6. The highest BCUT2D eigenvalue weighted by Gasteiger charge is 2.58. The number of pyridine rings is 2.